The largest absolute Gasteiger partial charge is 0.486 e. The molecule has 0 heterocycles. The molecule has 0 radical (unpaired) electrons. The van der Waals surface area contributed by atoms with E-state index in [1.807, 2.05) is 12.1 Å². The van der Waals surface area contributed by atoms with Crippen molar-refractivity contribution >= 4 is 0 Å². The summed E-state index contributed by atoms with van der Waals surface area (Å²) in [6.07, 6.45) is 1.13. The maximum atomic E-state index is 13.8. The molecule has 0 aromatic heterocycles. The lowest BCUT2D eigenvalue weighted by Crippen LogP contribution is -2.13. The Morgan fingerprint density at radius 1 is 1.05 bits per heavy atom. The van der Waals surface area contributed by atoms with Crippen molar-refractivity contribution in [2.24, 2.45) is 0 Å². The first-order chi connectivity index (χ1) is 10.2. The molecule has 0 aliphatic rings. The zero-order chi connectivity index (χ0) is 15.1. The van der Waals surface area contributed by atoms with Gasteiger partial charge in [-0.1, -0.05) is 43.3 Å². The third-order valence-electron chi connectivity index (χ3n) is 3.33. The molecular formula is C18H22FNO. The smallest absolute Gasteiger partial charge is 0.167 e. The summed E-state index contributed by atoms with van der Waals surface area (Å²) in [4.78, 5) is 0. The van der Waals surface area contributed by atoms with Gasteiger partial charge in [-0.05, 0) is 42.6 Å². The third kappa shape index (κ3) is 4.57. The fraction of sp³-hybridized carbons (Fsp3) is 0.333. The van der Waals surface area contributed by atoms with E-state index in [0.29, 0.717) is 17.9 Å². The highest BCUT2D eigenvalue weighted by molar-refractivity contribution is 5.30. The summed E-state index contributed by atoms with van der Waals surface area (Å²) in [6, 6.07) is 13.4. The van der Waals surface area contributed by atoms with E-state index in [0.717, 1.165) is 25.1 Å². The molecule has 0 fully saturated rings. The van der Waals surface area contributed by atoms with E-state index in [-0.39, 0.29) is 5.82 Å². The van der Waals surface area contributed by atoms with Crippen LogP contribution in [0.3, 0.4) is 0 Å². The van der Waals surface area contributed by atoms with E-state index in [2.05, 4.69) is 24.4 Å². The molecule has 0 amide bonds. The summed E-state index contributed by atoms with van der Waals surface area (Å²) >= 11 is 0. The molecular weight excluding hydrogens is 265 g/mol. The Morgan fingerprint density at radius 3 is 2.48 bits per heavy atom. The van der Waals surface area contributed by atoms with Gasteiger partial charge in [0, 0.05) is 6.54 Å². The van der Waals surface area contributed by atoms with Crippen LogP contribution in [0.1, 0.15) is 30.0 Å². The van der Waals surface area contributed by atoms with Gasteiger partial charge in [-0.3, -0.25) is 0 Å². The van der Waals surface area contributed by atoms with Gasteiger partial charge >= 0.3 is 0 Å². The van der Waals surface area contributed by atoms with Gasteiger partial charge in [0.2, 0.25) is 0 Å². The summed E-state index contributed by atoms with van der Waals surface area (Å²) in [5, 5.41) is 3.36. The van der Waals surface area contributed by atoms with Gasteiger partial charge in [-0.15, -0.1) is 0 Å². The lowest BCUT2D eigenvalue weighted by Gasteiger charge is -2.09. The summed E-state index contributed by atoms with van der Waals surface area (Å²) in [7, 11) is 0. The van der Waals surface area contributed by atoms with Crippen LogP contribution in [0.25, 0.3) is 0 Å². The molecule has 0 aliphatic heterocycles. The molecule has 0 spiro atoms. The fourth-order valence-corrected chi connectivity index (χ4v) is 2.06. The first kappa shape index (κ1) is 15.5. The number of halogens is 1. The number of hydrogen-bond donors (Lipinski definition) is 1. The van der Waals surface area contributed by atoms with Crippen LogP contribution in [0.4, 0.5) is 4.39 Å². The van der Waals surface area contributed by atoms with Crippen molar-refractivity contribution in [1.29, 1.82) is 0 Å². The monoisotopic (exact) mass is 287 g/mol. The molecule has 0 unspecified atom stereocenters. The molecule has 1 N–H and O–H groups in total. The molecule has 0 saturated carbocycles. The van der Waals surface area contributed by atoms with Gasteiger partial charge in [0.1, 0.15) is 6.61 Å². The van der Waals surface area contributed by atoms with Gasteiger partial charge in [0.05, 0.1) is 0 Å². The standard InChI is InChI=1S/C18H22FNO/c1-3-11-20-12-15-7-9-16(10-8-15)13-21-17-6-4-5-14(2)18(17)19/h4-10,20H,3,11-13H2,1-2H3. The second kappa shape index (κ2) is 7.79. The Hall–Kier alpha value is -1.87. The molecule has 21 heavy (non-hydrogen) atoms. The predicted molar refractivity (Wildman–Crippen MR) is 83.9 cm³/mol. The Labute approximate surface area is 126 Å². The Kier molecular flexibility index (Phi) is 5.76. The highest BCUT2D eigenvalue weighted by Crippen LogP contribution is 2.20. The molecule has 2 rings (SSSR count). The Balaban J connectivity index is 1.90. The van der Waals surface area contributed by atoms with Crippen molar-refractivity contribution in [2.75, 3.05) is 6.54 Å². The minimum Gasteiger partial charge on any atom is -0.486 e. The molecule has 2 aromatic carbocycles. The summed E-state index contributed by atoms with van der Waals surface area (Å²) < 4.78 is 19.4. The fourth-order valence-electron chi connectivity index (χ4n) is 2.06. The maximum Gasteiger partial charge on any atom is 0.167 e. The minimum absolute atomic E-state index is 0.280. The molecule has 0 atom stereocenters. The van der Waals surface area contributed by atoms with Crippen LogP contribution in [0, 0.1) is 12.7 Å². The second-order valence-corrected chi connectivity index (χ2v) is 5.17. The van der Waals surface area contributed by atoms with Crippen LogP contribution >= 0.6 is 0 Å². The van der Waals surface area contributed by atoms with Gasteiger partial charge < -0.3 is 10.1 Å². The molecule has 2 nitrogen and oxygen atoms in total. The van der Waals surface area contributed by atoms with Gasteiger partial charge in [0.15, 0.2) is 11.6 Å². The average molecular weight is 287 g/mol. The number of hydrogen-bond acceptors (Lipinski definition) is 2. The topological polar surface area (TPSA) is 21.3 Å². The first-order valence-electron chi connectivity index (χ1n) is 7.37. The molecule has 2 aromatic rings. The number of benzene rings is 2. The first-order valence-corrected chi connectivity index (χ1v) is 7.37. The SMILES string of the molecule is CCCNCc1ccc(COc2cccc(C)c2F)cc1. The van der Waals surface area contributed by atoms with Crippen LogP contribution in [0.2, 0.25) is 0 Å². The van der Waals surface area contributed by atoms with E-state index >= 15 is 0 Å². The zero-order valence-corrected chi connectivity index (χ0v) is 12.7. The number of ether oxygens (including phenoxy) is 1. The van der Waals surface area contributed by atoms with Gasteiger partial charge in [0.25, 0.3) is 0 Å². The van der Waals surface area contributed by atoms with E-state index in [4.69, 9.17) is 4.74 Å². The second-order valence-electron chi connectivity index (χ2n) is 5.17. The normalized spacial score (nSPS) is 10.6. The van der Waals surface area contributed by atoms with Crippen molar-refractivity contribution in [3.05, 3.63) is 65.0 Å². The molecule has 0 saturated heterocycles. The zero-order valence-electron chi connectivity index (χ0n) is 12.7. The van der Waals surface area contributed by atoms with E-state index in [1.165, 1.54) is 5.56 Å². The van der Waals surface area contributed by atoms with Crippen molar-refractivity contribution in [3.8, 4) is 5.75 Å². The summed E-state index contributed by atoms with van der Waals surface area (Å²) in [5.74, 6) is 0.0292. The van der Waals surface area contributed by atoms with Crippen molar-refractivity contribution in [1.82, 2.24) is 5.32 Å². The molecule has 3 heteroatoms. The lowest BCUT2D eigenvalue weighted by molar-refractivity contribution is 0.289. The Morgan fingerprint density at radius 2 is 1.76 bits per heavy atom. The number of nitrogens with one attached hydrogen (secondary N) is 1. The lowest BCUT2D eigenvalue weighted by atomic mass is 10.1. The molecule has 112 valence electrons. The van der Waals surface area contributed by atoms with Crippen molar-refractivity contribution in [2.45, 2.75) is 33.4 Å². The van der Waals surface area contributed by atoms with Crippen LogP contribution in [-0.2, 0) is 13.2 Å². The number of rotatable bonds is 7. The van der Waals surface area contributed by atoms with Crippen LogP contribution < -0.4 is 10.1 Å². The van der Waals surface area contributed by atoms with E-state index in [1.54, 1.807) is 25.1 Å². The maximum absolute atomic E-state index is 13.8. The third-order valence-corrected chi connectivity index (χ3v) is 3.33. The van der Waals surface area contributed by atoms with Crippen LogP contribution in [0.15, 0.2) is 42.5 Å². The minimum atomic E-state index is -0.280. The van der Waals surface area contributed by atoms with Gasteiger partial charge in [-0.2, -0.15) is 0 Å². The van der Waals surface area contributed by atoms with Crippen LogP contribution in [0.5, 0.6) is 5.75 Å². The summed E-state index contributed by atoms with van der Waals surface area (Å²) in [6.45, 7) is 6.17. The van der Waals surface area contributed by atoms with Crippen LogP contribution in [-0.4, -0.2) is 6.54 Å². The highest BCUT2D eigenvalue weighted by atomic mass is 19.1. The molecule has 0 aliphatic carbocycles. The van der Waals surface area contributed by atoms with Crippen molar-refractivity contribution in [3.63, 3.8) is 0 Å². The predicted octanol–water partition coefficient (Wildman–Crippen LogP) is 4.21. The molecule has 0 bridgehead atoms. The van der Waals surface area contributed by atoms with Gasteiger partial charge in [-0.25, -0.2) is 4.39 Å². The van der Waals surface area contributed by atoms with E-state index in [9.17, 15) is 4.39 Å². The average Bonchev–Trinajstić information content (AvgIpc) is 2.50. The highest BCUT2D eigenvalue weighted by Gasteiger charge is 2.05. The summed E-state index contributed by atoms with van der Waals surface area (Å²) in [5.41, 5.74) is 2.88. The van der Waals surface area contributed by atoms with E-state index < -0.39 is 0 Å². The Bertz CT molecular complexity index is 566. The number of aryl methyl sites for hydroxylation is 1. The van der Waals surface area contributed by atoms with Crippen molar-refractivity contribution < 1.29 is 9.13 Å². The quantitative estimate of drug-likeness (QED) is 0.770.